The van der Waals surface area contributed by atoms with E-state index < -0.39 is 0 Å². The van der Waals surface area contributed by atoms with E-state index in [4.69, 9.17) is 0 Å². The molecule has 0 heterocycles. The molecule has 0 amide bonds. The van der Waals surface area contributed by atoms with E-state index in [9.17, 15) is 0 Å². The molecule has 0 spiro atoms. The summed E-state index contributed by atoms with van der Waals surface area (Å²) in [7, 11) is 2.00. The number of hydrogen-bond donors (Lipinski definition) is 1. The number of likely N-dealkylation sites (N-methyl/N-ethyl adjacent to an activating group) is 1. The van der Waals surface area contributed by atoms with Crippen molar-refractivity contribution in [2.24, 2.45) is 0 Å². The molecule has 0 fully saturated rings. The van der Waals surface area contributed by atoms with Gasteiger partial charge in [-0.05, 0) is 40.7 Å². The van der Waals surface area contributed by atoms with Crippen LogP contribution in [0.25, 0.3) is 0 Å². The smallest absolute Gasteiger partial charge is 0.0469 e. The van der Waals surface area contributed by atoms with Crippen LogP contribution in [0.3, 0.4) is 0 Å². The summed E-state index contributed by atoms with van der Waals surface area (Å²) in [5.74, 6) is 0. The van der Waals surface area contributed by atoms with E-state index in [2.05, 4.69) is 69.8 Å². The molecule has 0 aliphatic rings. The van der Waals surface area contributed by atoms with Gasteiger partial charge in [-0.2, -0.15) is 0 Å². The molecule has 0 bridgehead atoms. The summed E-state index contributed by atoms with van der Waals surface area (Å²) in [6, 6.07) is 19.0. The Balaban J connectivity index is 2.19. The lowest BCUT2D eigenvalue weighted by Crippen LogP contribution is -2.14. The molecule has 1 atom stereocenters. The molecule has 0 radical (unpaired) electrons. The van der Waals surface area contributed by atoms with E-state index in [1.165, 1.54) is 10.5 Å². The molecule has 1 nitrogen and oxygen atoms in total. The summed E-state index contributed by atoms with van der Waals surface area (Å²) >= 11 is 5.49. The topological polar surface area (TPSA) is 12.0 Å². The zero-order valence-corrected chi connectivity index (χ0v) is 12.7. The fourth-order valence-electron chi connectivity index (χ4n) is 1.77. The molecule has 0 aliphatic carbocycles. The Bertz CT molecular complexity index is 487. The first-order valence-corrected chi connectivity index (χ1v) is 7.59. The Morgan fingerprint density at radius 2 is 1.72 bits per heavy atom. The summed E-state index contributed by atoms with van der Waals surface area (Å²) in [5.41, 5.74) is 1.35. The van der Waals surface area contributed by atoms with Gasteiger partial charge < -0.3 is 5.32 Å². The molecule has 2 rings (SSSR count). The highest BCUT2D eigenvalue weighted by Gasteiger charge is 2.13. The lowest BCUT2D eigenvalue weighted by molar-refractivity contribution is 0.777. The van der Waals surface area contributed by atoms with Crippen LogP contribution in [0.5, 0.6) is 0 Å². The lowest BCUT2D eigenvalue weighted by Gasteiger charge is -2.17. The van der Waals surface area contributed by atoms with Gasteiger partial charge in [-0.3, -0.25) is 0 Å². The average Bonchev–Trinajstić information content (AvgIpc) is 2.42. The van der Waals surface area contributed by atoms with Gasteiger partial charge in [0, 0.05) is 21.2 Å². The van der Waals surface area contributed by atoms with Gasteiger partial charge in [-0.25, -0.2) is 0 Å². The van der Waals surface area contributed by atoms with E-state index in [0.717, 1.165) is 11.0 Å². The first-order chi connectivity index (χ1) is 8.81. The van der Waals surface area contributed by atoms with Crippen LogP contribution in [0.2, 0.25) is 0 Å². The van der Waals surface area contributed by atoms with Crippen molar-refractivity contribution >= 4 is 27.7 Å². The van der Waals surface area contributed by atoms with Crippen LogP contribution in [-0.4, -0.2) is 13.6 Å². The van der Waals surface area contributed by atoms with E-state index >= 15 is 0 Å². The van der Waals surface area contributed by atoms with E-state index in [-0.39, 0.29) is 0 Å². The van der Waals surface area contributed by atoms with Crippen molar-refractivity contribution in [2.45, 2.75) is 10.1 Å². The second-order valence-electron chi connectivity index (χ2n) is 4.01. The first-order valence-electron chi connectivity index (χ1n) is 5.92. The SMILES string of the molecule is CNCC(Sc1ccccc1Br)c1ccccc1. The standard InChI is InChI=1S/C15H16BrNS/c1-17-11-15(12-7-3-2-4-8-12)18-14-10-6-5-9-13(14)16/h2-10,15,17H,11H2,1H3. The highest BCUT2D eigenvalue weighted by molar-refractivity contribution is 9.10. The van der Waals surface area contributed by atoms with Crippen molar-refractivity contribution in [3.63, 3.8) is 0 Å². The molecule has 0 saturated heterocycles. The van der Waals surface area contributed by atoms with Crippen LogP contribution in [-0.2, 0) is 0 Å². The number of halogens is 1. The van der Waals surface area contributed by atoms with Gasteiger partial charge in [0.25, 0.3) is 0 Å². The van der Waals surface area contributed by atoms with Crippen molar-refractivity contribution in [1.82, 2.24) is 5.32 Å². The predicted octanol–water partition coefficient (Wildman–Crippen LogP) is 4.50. The Morgan fingerprint density at radius 1 is 1.06 bits per heavy atom. The van der Waals surface area contributed by atoms with Gasteiger partial charge in [-0.1, -0.05) is 42.5 Å². The molecule has 1 unspecified atom stereocenters. The van der Waals surface area contributed by atoms with Crippen molar-refractivity contribution in [3.8, 4) is 0 Å². The Hall–Kier alpha value is -0.770. The summed E-state index contributed by atoms with van der Waals surface area (Å²) in [4.78, 5) is 1.28. The summed E-state index contributed by atoms with van der Waals surface area (Å²) in [5, 5.41) is 3.70. The molecule has 94 valence electrons. The summed E-state index contributed by atoms with van der Waals surface area (Å²) < 4.78 is 1.16. The minimum atomic E-state index is 0.426. The monoisotopic (exact) mass is 321 g/mol. The van der Waals surface area contributed by atoms with Crippen LogP contribution >= 0.6 is 27.7 Å². The summed E-state index contributed by atoms with van der Waals surface area (Å²) in [6.45, 7) is 0.954. The zero-order valence-electron chi connectivity index (χ0n) is 10.3. The highest BCUT2D eigenvalue weighted by Crippen LogP contribution is 2.38. The average molecular weight is 322 g/mol. The quantitative estimate of drug-likeness (QED) is 0.813. The molecule has 18 heavy (non-hydrogen) atoms. The fourth-order valence-corrected chi connectivity index (χ4v) is 3.53. The van der Waals surface area contributed by atoms with Crippen molar-refractivity contribution in [2.75, 3.05) is 13.6 Å². The van der Waals surface area contributed by atoms with Crippen LogP contribution in [0.15, 0.2) is 64.0 Å². The van der Waals surface area contributed by atoms with Crippen LogP contribution in [0.1, 0.15) is 10.8 Å². The molecular formula is C15H16BrNS. The third-order valence-electron chi connectivity index (χ3n) is 2.67. The largest absolute Gasteiger partial charge is 0.318 e. The van der Waals surface area contributed by atoms with E-state index in [1.807, 2.05) is 24.9 Å². The Kier molecular flexibility index (Phi) is 5.29. The third kappa shape index (κ3) is 3.61. The molecule has 1 N–H and O–H groups in total. The van der Waals surface area contributed by atoms with Gasteiger partial charge in [0.2, 0.25) is 0 Å². The zero-order chi connectivity index (χ0) is 12.8. The van der Waals surface area contributed by atoms with Gasteiger partial charge in [-0.15, -0.1) is 11.8 Å². The molecular weight excluding hydrogens is 306 g/mol. The molecule has 0 aromatic heterocycles. The minimum Gasteiger partial charge on any atom is -0.318 e. The third-order valence-corrected chi connectivity index (χ3v) is 4.95. The van der Waals surface area contributed by atoms with Crippen molar-refractivity contribution in [1.29, 1.82) is 0 Å². The number of nitrogens with one attached hydrogen (secondary N) is 1. The van der Waals surface area contributed by atoms with Gasteiger partial charge in [0.05, 0.1) is 0 Å². The molecule has 2 aromatic rings. The first kappa shape index (κ1) is 13.7. The molecule has 0 aliphatic heterocycles. The maximum atomic E-state index is 3.61. The van der Waals surface area contributed by atoms with Crippen molar-refractivity contribution in [3.05, 3.63) is 64.6 Å². The van der Waals surface area contributed by atoms with Crippen LogP contribution in [0.4, 0.5) is 0 Å². The maximum absolute atomic E-state index is 3.61. The minimum absolute atomic E-state index is 0.426. The number of benzene rings is 2. The Morgan fingerprint density at radius 3 is 2.39 bits per heavy atom. The normalized spacial score (nSPS) is 12.3. The lowest BCUT2D eigenvalue weighted by atomic mass is 10.1. The predicted molar refractivity (Wildman–Crippen MR) is 83.1 cm³/mol. The van der Waals surface area contributed by atoms with Gasteiger partial charge >= 0.3 is 0 Å². The van der Waals surface area contributed by atoms with E-state index in [1.54, 1.807) is 0 Å². The highest BCUT2D eigenvalue weighted by atomic mass is 79.9. The maximum Gasteiger partial charge on any atom is 0.0469 e. The van der Waals surface area contributed by atoms with Crippen molar-refractivity contribution < 1.29 is 0 Å². The van der Waals surface area contributed by atoms with Gasteiger partial charge in [0.1, 0.15) is 0 Å². The van der Waals surface area contributed by atoms with Crippen LogP contribution < -0.4 is 5.32 Å². The van der Waals surface area contributed by atoms with E-state index in [0.29, 0.717) is 5.25 Å². The number of thioether (sulfide) groups is 1. The molecule has 2 aromatic carbocycles. The summed E-state index contributed by atoms with van der Waals surface area (Å²) in [6.07, 6.45) is 0. The second kappa shape index (κ2) is 6.98. The molecule has 0 saturated carbocycles. The van der Waals surface area contributed by atoms with Gasteiger partial charge in [0.15, 0.2) is 0 Å². The molecule has 3 heteroatoms. The number of hydrogen-bond acceptors (Lipinski definition) is 2. The fraction of sp³-hybridized carbons (Fsp3) is 0.200. The van der Waals surface area contributed by atoms with Crippen LogP contribution in [0, 0.1) is 0 Å². The Labute approximate surface area is 121 Å². The second-order valence-corrected chi connectivity index (χ2v) is 6.10. The number of rotatable bonds is 5.